The van der Waals surface area contributed by atoms with Crippen molar-refractivity contribution in [3.05, 3.63) is 59.2 Å². The van der Waals surface area contributed by atoms with Gasteiger partial charge >= 0.3 is 5.97 Å². The van der Waals surface area contributed by atoms with E-state index in [9.17, 15) is 4.79 Å². The van der Waals surface area contributed by atoms with Gasteiger partial charge in [0.05, 0.1) is 13.2 Å². The standard InChI is InChI=1S/C21H33NO3Si/c1-17(2)13-20(14-18(3)15-21(23)24-4)22(25-26(5,6)7)16-19-11-9-8-10-12-19/h8-13,15,20H,14,16H2,1-7H3/b18-15+. The lowest BCUT2D eigenvalue weighted by molar-refractivity contribution is -0.135. The molecule has 1 atom stereocenters. The zero-order valence-electron chi connectivity index (χ0n) is 17.2. The summed E-state index contributed by atoms with van der Waals surface area (Å²) in [6, 6.07) is 10.4. The van der Waals surface area contributed by atoms with Gasteiger partial charge in [-0.1, -0.05) is 47.6 Å². The van der Waals surface area contributed by atoms with Crippen LogP contribution in [0.3, 0.4) is 0 Å². The molecule has 0 saturated heterocycles. The summed E-state index contributed by atoms with van der Waals surface area (Å²) in [7, 11) is -0.394. The van der Waals surface area contributed by atoms with Crippen LogP contribution in [-0.2, 0) is 20.6 Å². The minimum absolute atomic E-state index is 0.0489. The summed E-state index contributed by atoms with van der Waals surface area (Å²) in [5.74, 6) is -0.320. The van der Waals surface area contributed by atoms with Gasteiger partial charge in [-0.25, -0.2) is 4.79 Å². The molecule has 0 spiro atoms. The molecule has 26 heavy (non-hydrogen) atoms. The molecule has 0 aliphatic heterocycles. The quantitative estimate of drug-likeness (QED) is 0.198. The van der Waals surface area contributed by atoms with Crippen molar-refractivity contribution in [3.8, 4) is 0 Å². The molecule has 1 unspecified atom stereocenters. The molecule has 144 valence electrons. The van der Waals surface area contributed by atoms with Gasteiger partial charge in [0.25, 0.3) is 0 Å². The van der Waals surface area contributed by atoms with E-state index in [1.165, 1.54) is 18.2 Å². The fourth-order valence-corrected chi connectivity index (χ4v) is 3.51. The van der Waals surface area contributed by atoms with Crippen LogP contribution in [-0.4, -0.2) is 32.5 Å². The predicted octanol–water partition coefficient (Wildman–Crippen LogP) is 5.10. The number of rotatable bonds is 9. The normalized spacial score (nSPS) is 13.5. The molecule has 0 N–H and O–H groups in total. The highest BCUT2D eigenvalue weighted by atomic mass is 28.4. The number of allylic oxidation sites excluding steroid dienone is 1. The molecule has 1 aromatic rings. The second kappa shape index (κ2) is 10.5. The summed E-state index contributed by atoms with van der Waals surface area (Å²) in [5, 5.41) is 2.07. The van der Waals surface area contributed by atoms with Crippen LogP contribution >= 0.6 is 0 Å². The third-order valence-electron chi connectivity index (χ3n) is 3.56. The maximum atomic E-state index is 11.6. The monoisotopic (exact) mass is 375 g/mol. The summed E-state index contributed by atoms with van der Waals surface area (Å²) in [6.07, 6.45) is 4.47. The minimum Gasteiger partial charge on any atom is -0.466 e. The lowest BCUT2D eigenvalue weighted by atomic mass is 10.0. The molecule has 0 bridgehead atoms. The van der Waals surface area contributed by atoms with Crippen LogP contribution in [0.1, 0.15) is 32.8 Å². The van der Waals surface area contributed by atoms with E-state index >= 15 is 0 Å². The highest BCUT2D eigenvalue weighted by Crippen LogP contribution is 2.21. The molecule has 0 saturated carbocycles. The number of nitrogens with zero attached hydrogens (tertiary/aromatic N) is 1. The summed E-state index contributed by atoms with van der Waals surface area (Å²) >= 11 is 0. The van der Waals surface area contributed by atoms with Gasteiger partial charge < -0.3 is 9.26 Å². The Morgan fingerprint density at radius 1 is 1.15 bits per heavy atom. The van der Waals surface area contributed by atoms with E-state index in [4.69, 9.17) is 9.26 Å². The van der Waals surface area contributed by atoms with Crippen LogP contribution in [0, 0.1) is 0 Å². The van der Waals surface area contributed by atoms with Crippen molar-refractivity contribution >= 4 is 14.3 Å². The fraction of sp³-hybridized carbons (Fsp3) is 0.476. The van der Waals surface area contributed by atoms with E-state index in [2.05, 4.69) is 56.8 Å². The second-order valence-electron chi connectivity index (χ2n) is 7.79. The molecule has 0 aliphatic rings. The van der Waals surface area contributed by atoms with Crippen molar-refractivity contribution in [3.63, 3.8) is 0 Å². The van der Waals surface area contributed by atoms with Gasteiger partial charge in [0.1, 0.15) is 0 Å². The number of hydrogen-bond acceptors (Lipinski definition) is 4. The molecule has 5 heteroatoms. The van der Waals surface area contributed by atoms with Gasteiger partial charge in [-0.3, -0.25) is 0 Å². The van der Waals surface area contributed by atoms with E-state index in [1.54, 1.807) is 6.08 Å². The Labute approximate surface area is 159 Å². The molecule has 0 aromatic heterocycles. The van der Waals surface area contributed by atoms with Crippen LogP contribution in [0.25, 0.3) is 0 Å². The van der Waals surface area contributed by atoms with E-state index < -0.39 is 8.32 Å². The van der Waals surface area contributed by atoms with Crippen LogP contribution in [0.4, 0.5) is 0 Å². The van der Waals surface area contributed by atoms with Crippen molar-refractivity contribution in [2.24, 2.45) is 0 Å². The van der Waals surface area contributed by atoms with Crippen molar-refractivity contribution in [2.45, 2.75) is 59.4 Å². The van der Waals surface area contributed by atoms with Crippen molar-refractivity contribution in [1.29, 1.82) is 0 Å². The Balaban J connectivity index is 3.13. The number of carbonyl (C=O) groups is 1. The lowest BCUT2D eigenvalue weighted by Crippen LogP contribution is -2.42. The summed E-state index contributed by atoms with van der Waals surface area (Å²) < 4.78 is 11.2. The zero-order valence-corrected chi connectivity index (χ0v) is 18.2. The predicted molar refractivity (Wildman–Crippen MR) is 110 cm³/mol. The Hall–Kier alpha value is -1.69. The number of hydroxylamine groups is 2. The first-order valence-electron chi connectivity index (χ1n) is 9.00. The smallest absolute Gasteiger partial charge is 0.330 e. The number of benzene rings is 1. The molecule has 0 fully saturated rings. The average Bonchev–Trinajstić information content (AvgIpc) is 2.52. The van der Waals surface area contributed by atoms with Gasteiger partial charge in [0, 0.05) is 12.6 Å². The first kappa shape index (κ1) is 22.3. The topological polar surface area (TPSA) is 38.8 Å². The van der Waals surface area contributed by atoms with Crippen LogP contribution in [0.15, 0.2) is 53.6 Å². The first-order valence-corrected chi connectivity index (χ1v) is 12.4. The molecule has 0 amide bonds. The average molecular weight is 376 g/mol. The van der Waals surface area contributed by atoms with Crippen molar-refractivity contribution in [1.82, 2.24) is 5.06 Å². The number of ether oxygens (including phenoxy) is 1. The van der Waals surface area contributed by atoms with E-state index in [0.717, 1.165) is 5.57 Å². The molecular formula is C21H33NO3Si. The lowest BCUT2D eigenvalue weighted by Gasteiger charge is -2.35. The van der Waals surface area contributed by atoms with Crippen molar-refractivity contribution in [2.75, 3.05) is 7.11 Å². The van der Waals surface area contributed by atoms with Crippen LogP contribution in [0.2, 0.25) is 19.6 Å². The Morgan fingerprint density at radius 3 is 2.27 bits per heavy atom. The van der Waals surface area contributed by atoms with Crippen LogP contribution < -0.4 is 0 Å². The summed E-state index contributed by atoms with van der Waals surface area (Å²) in [6.45, 7) is 13.4. The van der Waals surface area contributed by atoms with Crippen molar-refractivity contribution < 1.29 is 14.1 Å². The molecule has 0 radical (unpaired) electrons. The van der Waals surface area contributed by atoms with E-state index in [-0.39, 0.29) is 12.0 Å². The Kier molecular flexibility index (Phi) is 8.99. The van der Waals surface area contributed by atoms with Gasteiger partial charge in [0.15, 0.2) is 0 Å². The number of carbonyl (C=O) groups excluding carboxylic acids is 1. The minimum atomic E-state index is -1.79. The molecule has 4 nitrogen and oxygen atoms in total. The van der Waals surface area contributed by atoms with Gasteiger partial charge in [-0.15, -0.1) is 0 Å². The summed E-state index contributed by atoms with van der Waals surface area (Å²) in [4.78, 5) is 11.6. The zero-order chi connectivity index (χ0) is 19.7. The van der Waals surface area contributed by atoms with E-state index in [0.29, 0.717) is 13.0 Å². The number of methoxy groups -OCH3 is 1. The largest absolute Gasteiger partial charge is 0.466 e. The SMILES string of the molecule is COC(=O)/C=C(\C)CC(C=C(C)C)N(Cc1ccccc1)O[Si](C)(C)C. The van der Waals surface area contributed by atoms with Gasteiger partial charge in [-0.05, 0) is 52.4 Å². The molecular weight excluding hydrogens is 342 g/mol. The van der Waals surface area contributed by atoms with Gasteiger partial charge in [0.2, 0.25) is 8.32 Å². The number of hydrogen-bond donors (Lipinski definition) is 0. The fourth-order valence-electron chi connectivity index (χ4n) is 2.61. The maximum absolute atomic E-state index is 11.6. The first-order chi connectivity index (χ1) is 12.1. The highest BCUT2D eigenvalue weighted by molar-refractivity contribution is 6.69. The van der Waals surface area contributed by atoms with E-state index in [1.807, 2.05) is 25.1 Å². The Bertz CT molecular complexity index is 628. The molecule has 1 rings (SSSR count). The third-order valence-corrected chi connectivity index (χ3v) is 4.35. The van der Waals surface area contributed by atoms with Crippen LogP contribution in [0.5, 0.6) is 0 Å². The molecule has 1 aromatic carbocycles. The molecule has 0 heterocycles. The third kappa shape index (κ3) is 9.13. The molecule has 0 aliphatic carbocycles. The van der Waals surface area contributed by atoms with Gasteiger partial charge in [-0.2, -0.15) is 5.06 Å². The second-order valence-corrected chi connectivity index (χ2v) is 12.2. The number of esters is 1. The highest BCUT2D eigenvalue weighted by Gasteiger charge is 2.25. The maximum Gasteiger partial charge on any atom is 0.330 e. The Morgan fingerprint density at radius 2 is 1.77 bits per heavy atom. The summed E-state index contributed by atoms with van der Waals surface area (Å²) in [5.41, 5.74) is 3.39.